The number of carbonyl (C=O) groups is 1. The Morgan fingerprint density at radius 2 is 1.11 bits per heavy atom. The van der Waals surface area contributed by atoms with E-state index in [1.165, 1.54) is 96.6 Å². The van der Waals surface area contributed by atoms with Gasteiger partial charge < -0.3 is 32.4 Å². The van der Waals surface area contributed by atoms with E-state index in [1.807, 2.05) is 24.3 Å². The van der Waals surface area contributed by atoms with E-state index in [-0.39, 0.29) is 127 Å². The van der Waals surface area contributed by atoms with Crippen LogP contribution in [0.2, 0.25) is 0 Å². The van der Waals surface area contributed by atoms with Crippen molar-refractivity contribution in [2.24, 2.45) is 0 Å². The minimum absolute atomic E-state index is 0. The van der Waals surface area contributed by atoms with Crippen molar-refractivity contribution in [3.8, 4) is 0 Å². The number of fused-ring (bicyclic) bond motifs is 3. The first-order valence-corrected chi connectivity index (χ1v) is 20.1. The summed E-state index contributed by atoms with van der Waals surface area (Å²) in [6.07, 6.45) is 8.17. The topological polar surface area (TPSA) is 190 Å². The Kier molecular flexibility index (Phi) is 26.7. The number of nitrogen functional groups attached to an aromatic ring is 1. The van der Waals surface area contributed by atoms with Gasteiger partial charge in [0, 0.05) is 118 Å². The van der Waals surface area contributed by atoms with Crippen LogP contribution in [-0.2, 0) is 9.68 Å². The van der Waals surface area contributed by atoms with Crippen LogP contribution < -0.4 is 129 Å². The number of non-ortho nitro benzene ring substituents is 2. The summed E-state index contributed by atoms with van der Waals surface area (Å²) in [7, 11) is -1.00. The third-order valence-electron chi connectivity index (χ3n) is 11.4. The number of halogens is 2. The summed E-state index contributed by atoms with van der Waals surface area (Å²) in [5.74, 6) is -0.467. The van der Waals surface area contributed by atoms with E-state index in [9.17, 15) is 29.0 Å². The largest absolute Gasteiger partial charge is 1.00 e. The number of nitro groups is 2. The van der Waals surface area contributed by atoms with Crippen molar-refractivity contribution in [3.05, 3.63) is 98.8 Å². The second-order valence-electron chi connectivity index (χ2n) is 14.9. The molecule has 3 atom stereocenters. The third kappa shape index (κ3) is 18.3. The van der Waals surface area contributed by atoms with Gasteiger partial charge in [0.2, 0.25) is 0 Å². The molecule has 20 heteroatoms. The molecule has 6 saturated heterocycles. The zero-order valence-electron chi connectivity index (χ0n) is 37.5. The van der Waals surface area contributed by atoms with Crippen molar-refractivity contribution in [3.63, 3.8) is 0 Å². The molecule has 326 valence electrons. The summed E-state index contributed by atoms with van der Waals surface area (Å²) in [4.78, 5) is 43.6. The number of anilines is 3. The maximum absolute atomic E-state index is 12.1. The van der Waals surface area contributed by atoms with Crippen LogP contribution in [0.15, 0.2) is 72.8 Å². The van der Waals surface area contributed by atoms with Crippen molar-refractivity contribution in [2.75, 3.05) is 101 Å². The molecule has 6 aliphatic heterocycles. The second-order valence-corrected chi connectivity index (χ2v) is 14.9. The van der Waals surface area contributed by atoms with E-state index in [0.717, 1.165) is 73.9 Å². The minimum atomic E-state index is -1.00. The summed E-state index contributed by atoms with van der Waals surface area (Å²) in [5, 5.41) is 32.5. The van der Waals surface area contributed by atoms with Gasteiger partial charge in [0.05, 0.1) is 18.4 Å². The zero-order valence-corrected chi connectivity index (χ0v) is 41.7. The smallest absolute Gasteiger partial charge is 1.00 e. The Hall–Kier alpha value is -1.74. The van der Waals surface area contributed by atoms with Gasteiger partial charge in [0.25, 0.3) is 17.8 Å². The van der Waals surface area contributed by atoms with Gasteiger partial charge in [-0.1, -0.05) is 0 Å². The van der Waals surface area contributed by atoms with Gasteiger partial charge in [-0.05, 0) is 107 Å². The van der Waals surface area contributed by atoms with Crippen molar-refractivity contribution in [2.45, 2.75) is 56.7 Å². The molecule has 0 aromatic heterocycles. The van der Waals surface area contributed by atoms with E-state index < -0.39 is 17.9 Å². The van der Waals surface area contributed by atoms with Crippen LogP contribution >= 0.6 is 0 Å². The van der Waals surface area contributed by atoms with Crippen molar-refractivity contribution in [1.82, 2.24) is 20.0 Å². The van der Waals surface area contributed by atoms with Crippen LogP contribution in [0.1, 0.15) is 41.3 Å². The van der Waals surface area contributed by atoms with E-state index in [4.69, 9.17) is 17.2 Å². The molecule has 6 aliphatic rings. The Morgan fingerprint density at radius 1 is 0.721 bits per heavy atom. The molecule has 6 heterocycles. The van der Waals surface area contributed by atoms with Crippen molar-refractivity contribution in [1.29, 1.82) is 0 Å². The molecule has 16 nitrogen and oxygen atoms in total. The Morgan fingerprint density at radius 3 is 1.52 bits per heavy atom. The molecule has 9 rings (SSSR count). The number of alkyl halides is 1. The van der Waals surface area contributed by atoms with Gasteiger partial charge in [-0.2, -0.15) is 0 Å². The first kappa shape index (κ1) is 53.6. The van der Waals surface area contributed by atoms with Gasteiger partial charge in [-0.3, -0.25) is 44.1 Å². The number of hydrogen-bond donors (Lipinski definition) is 2. The summed E-state index contributed by atoms with van der Waals surface area (Å²) >= 11 is 0. The number of hydrogen-bond acceptors (Lipinski definition) is 14. The van der Waals surface area contributed by atoms with Crippen LogP contribution in [0, 0.1) is 26.0 Å². The SMILES string of the molecule is C1CC2CNCCN2C1.Nc1ccc(N2CCN3CCCC3C2)cc1.O=CO[O-].O=[N+]([O-])c1ccc(F)cc1.O=[N+]([O-])c1ccc(N2CCN3CCCC3C2)cc1.[2H]CF.[H-].[K+].[K+]. The minimum Gasteiger partial charge on any atom is -1.00 e. The number of carbonyl (C=O) groups excluding carboxylic acids is 1. The molecule has 6 fully saturated rings. The number of nitrogens with two attached hydrogens (primary N) is 1. The predicted molar refractivity (Wildman–Crippen MR) is 223 cm³/mol. The summed E-state index contributed by atoms with van der Waals surface area (Å²) in [5.41, 5.74) is 9.06. The molecule has 3 N–H and O–H groups in total. The molecular formula is C41H59F2K2N9O7. The molecule has 0 amide bonds. The van der Waals surface area contributed by atoms with Crippen LogP contribution in [0.25, 0.3) is 0 Å². The zero-order chi connectivity index (χ0) is 43.3. The van der Waals surface area contributed by atoms with Crippen LogP contribution in [-0.4, -0.2) is 135 Å². The maximum Gasteiger partial charge on any atom is 1.00 e. The predicted octanol–water partition coefficient (Wildman–Crippen LogP) is -1.64. The number of nitrogens with zero attached hydrogens (tertiary/aromatic N) is 7. The first-order chi connectivity index (χ1) is 29.1. The average molecular weight is 907 g/mol. The standard InChI is InChI=1S/C13H17N3O2.C13H19N3.C7H14N2.C6H4FNO2.CH3F.CH2O3.2K.H/c17-16(18)12-5-3-11(4-6-12)15-9-8-14-7-1-2-13(14)10-15;14-11-3-5-12(6-4-11)16-9-8-15-7-1-2-13(15)10-16;1-2-7-6-8-3-5-9(7)4-1;7-5-1-3-6(4-2-5)8(9)10;1-2;2-1-4-3;;;/h3-6,13H,1-2,7-10H2;3-6,13H,1-2,7-10,14H2;7-8H,1-6H2;1-4H;1H3;1,3H;;;/q;;;;;;2*+1;-1/p-1/i;;;;1D;;;;. The van der Waals surface area contributed by atoms with Gasteiger partial charge >= 0.3 is 103 Å². The first-order valence-electron chi connectivity index (χ1n) is 20.8. The fraction of sp³-hybridized carbons (Fsp3) is 0.537. The average Bonchev–Trinajstić information content (AvgIpc) is 4.06. The Balaban J connectivity index is 0.000000405. The van der Waals surface area contributed by atoms with Crippen molar-refractivity contribution < 1.29 is 139 Å². The quantitative estimate of drug-likeness (QED) is 0.0741. The fourth-order valence-corrected chi connectivity index (χ4v) is 8.40. The van der Waals surface area contributed by atoms with Crippen LogP contribution in [0.4, 0.5) is 37.2 Å². The monoisotopic (exact) mass is 906 g/mol. The normalized spacial score (nSPS) is 21.4. The molecule has 3 unspecified atom stereocenters. The summed E-state index contributed by atoms with van der Waals surface area (Å²) in [6.45, 7) is 14.2. The van der Waals surface area contributed by atoms with Crippen molar-refractivity contribution >= 4 is 34.9 Å². The molecule has 0 saturated carbocycles. The molecule has 0 radical (unpaired) electrons. The molecular weight excluding hydrogens is 847 g/mol. The molecule has 3 aromatic rings. The van der Waals surface area contributed by atoms with Gasteiger partial charge in [-0.15, -0.1) is 0 Å². The molecule has 0 bridgehead atoms. The molecule has 3 aromatic carbocycles. The summed E-state index contributed by atoms with van der Waals surface area (Å²) in [6, 6.07) is 21.9. The second kappa shape index (κ2) is 30.4. The summed E-state index contributed by atoms with van der Waals surface area (Å²) < 4.78 is 27.6. The van der Waals surface area contributed by atoms with E-state index in [0.29, 0.717) is 6.04 Å². The number of nitrogens with one attached hydrogen (secondary N) is 1. The van der Waals surface area contributed by atoms with E-state index in [2.05, 4.69) is 46.8 Å². The molecule has 0 spiro atoms. The molecule has 0 aliphatic carbocycles. The fourth-order valence-electron chi connectivity index (χ4n) is 8.40. The number of nitro benzene ring substituents is 2. The van der Waals surface area contributed by atoms with E-state index in [1.54, 1.807) is 12.1 Å². The van der Waals surface area contributed by atoms with Crippen LogP contribution in [0.5, 0.6) is 0 Å². The number of benzene rings is 3. The Labute approximate surface area is 445 Å². The van der Waals surface area contributed by atoms with E-state index >= 15 is 0 Å². The van der Waals surface area contributed by atoms with Gasteiger partial charge in [-0.25, -0.2) is 4.39 Å². The number of piperazine rings is 3. The van der Waals surface area contributed by atoms with Gasteiger partial charge in [0.1, 0.15) is 5.82 Å². The third-order valence-corrected chi connectivity index (χ3v) is 11.4. The van der Waals surface area contributed by atoms with Crippen LogP contribution in [0.3, 0.4) is 0 Å². The maximum atomic E-state index is 12.1. The number of rotatable bonds is 5. The Bertz CT molecular complexity index is 1730. The molecule has 61 heavy (non-hydrogen) atoms. The van der Waals surface area contributed by atoms with Gasteiger partial charge in [0.15, 0.2) is 0 Å².